The number of fused-ring (bicyclic) bond motifs is 2. The van der Waals surface area contributed by atoms with Crippen LogP contribution in [-0.2, 0) is 17.6 Å². The van der Waals surface area contributed by atoms with Gasteiger partial charge in [-0.2, -0.15) is 5.10 Å². The molecule has 1 aromatic carbocycles. The average Bonchev–Trinajstić information content (AvgIpc) is 3.04. The minimum Gasteiger partial charge on any atom is -0.445 e. The van der Waals surface area contributed by atoms with E-state index in [2.05, 4.69) is 36.5 Å². The molecular weight excluding hydrogens is 368 g/mol. The highest BCUT2D eigenvalue weighted by Gasteiger charge is 2.24. The Labute approximate surface area is 166 Å². The number of hydrogen-bond acceptors (Lipinski definition) is 6. The van der Waals surface area contributed by atoms with Gasteiger partial charge in [0.1, 0.15) is 17.6 Å². The first-order chi connectivity index (χ1) is 14.2. The van der Waals surface area contributed by atoms with E-state index >= 15 is 0 Å². The number of anilines is 1. The monoisotopic (exact) mass is 386 g/mol. The molecule has 0 spiro atoms. The van der Waals surface area contributed by atoms with Crippen molar-refractivity contribution in [2.45, 2.75) is 25.9 Å². The van der Waals surface area contributed by atoms with Crippen molar-refractivity contribution in [3.05, 3.63) is 66.0 Å². The van der Waals surface area contributed by atoms with Crippen LogP contribution in [0.1, 0.15) is 17.1 Å². The summed E-state index contributed by atoms with van der Waals surface area (Å²) in [5.74, 6) is 0.697. The molecule has 1 aliphatic rings. The molecule has 0 saturated heterocycles. The molecule has 144 valence electrons. The fourth-order valence-electron chi connectivity index (χ4n) is 3.67. The minimum atomic E-state index is -0.465. The molecule has 1 unspecified atom stereocenters. The van der Waals surface area contributed by atoms with E-state index in [4.69, 9.17) is 4.74 Å². The molecule has 5 rings (SSSR count). The lowest BCUT2D eigenvalue weighted by Crippen LogP contribution is -2.23. The molecule has 0 bridgehead atoms. The highest BCUT2D eigenvalue weighted by Crippen LogP contribution is 2.32. The summed E-state index contributed by atoms with van der Waals surface area (Å²) in [5, 5.41) is 11.3. The maximum absolute atomic E-state index is 12.3. The number of carbonyl (C=O) groups is 1. The summed E-state index contributed by atoms with van der Waals surface area (Å²) in [6.07, 6.45) is 5.52. The molecule has 0 aliphatic carbocycles. The van der Waals surface area contributed by atoms with Crippen molar-refractivity contribution in [2.24, 2.45) is 0 Å². The van der Waals surface area contributed by atoms with Crippen molar-refractivity contribution in [3.8, 4) is 11.3 Å². The van der Waals surface area contributed by atoms with Crippen molar-refractivity contribution >= 4 is 22.7 Å². The molecule has 1 aliphatic heterocycles. The summed E-state index contributed by atoms with van der Waals surface area (Å²) in [6.45, 7) is 1.84. The fraction of sp³-hybridized carbons (Fsp3) is 0.190. The third-order valence-electron chi connectivity index (χ3n) is 4.97. The van der Waals surface area contributed by atoms with Crippen LogP contribution in [0.15, 0.2) is 48.9 Å². The van der Waals surface area contributed by atoms with Crippen LogP contribution in [0, 0.1) is 6.92 Å². The Hall–Kier alpha value is -3.81. The summed E-state index contributed by atoms with van der Waals surface area (Å²) in [5.41, 5.74) is 5.25. The Morgan fingerprint density at radius 1 is 1.17 bits per heavy atom. The minimum absolute atomic E-state index is 0.320. The number of carbonyl (C=O) groups excluding carboxylic acids is 1. The van der Waals surface area contributed by atoms with Gasteiger partial charge in [0, 0.05) is 53.8 Å². The van der Waals surface area contributed by atoms with Crippen LogP contribution < -0.4 is 5.32 Å². The zero-order valence-electron chi connectivity index (χ0n) is 15.7. The number of aryl methyl sites for hydroxylation is 1. The summed E-state index contributed by atoms with van der Waals surface area (Å²) in [6, 6.07) is 9.66. The number of nitrogens with zero attached hydrogens (tertiary/aromatic N) is 4. The lowest BCUT2D eigenvalue weighted by atomic mass is 9.99. The predicted octanol–water partition coefficient (Wildman–Crippen LogP) is 3.44. The first kappa shape index (κ1) is 17.3. The molecule has 0 saturated carbocycles. The Bertz CT molecular complexity index is 1200. The Balaban J connectivity index is 1.52. The lowest BCUT2D eigenvalue weighted by molar-refractivity contribution is 0.112. The molecule has 1 atom stereocenters. The number of pyridine rings is 1. The third kappa shape index (κ3) is 3.40. The Morgan fingerprint density at radius 3 is 2.86 bits per heavy atom. The first-order valence-electron chi connectivity index (χ1n) is 9.33. The van der Waals surface area contributed by atoms with E-state index in [0.29, 0.717) is 18.7 Å². The molecule has 29 heavy (non-hydrogen) atoms. The number of H-pyrrole nitrogens is 1. The van der Waals surface area contributed by atoms with Gasteiger partial charge < -0.3 is 4.74 Å². The zero-order chi connectivity index (χ0) is 19.8. The zero-order valence-corrected chi connectivity index (χ0v) is 15.7. The largest absolute Gasteiger partial charge is 0.445 e. The van der Waals surface area contributed by atoms with Crippen LogP contribution >= 0.6 is 0 Å². The van der Waals surface area contributed by atoms with Gasteiger partial charge in [0.25, 0.3) is 0 Å². The van der Waals surface area contributed by atoms with Crippen LogP contribution in [0.2, 0.25) is 0 Å². The standard InChI is InChI=1S/C21H18N6O2/c1-12-23-7-4-15(24-12)10-16-8-14-9-17-19(11-18(14)25-21(28)29-16)26-27-20(17)13-2-5-22-6-3-13/h2-7,9,11,16H,8,10H2,1H3,(H,25,28)(H,26,27). The van der Waals surface area contributed by atoms with Gasteiger partial charge in [0.2, 0.25) is 0 Å². The highest BCUT2D eigenvalue weighted by molar-refractivity contribution is 5.98. The lowest BCUT2D eigenvalue weighted by Gasteiger charge is -2.14. The second-order valence-electron chi connectivity index (χ2n) is 7.02. The van der Waals surface area contributed by atoms with E-state index in [1.807, 2.05) is 31.2 Å². The second kappa shape index (κ2) is 6.97. The van der Waals surface area contributed by atoms with Crippen molar-refractivity contribution in [1.29, 1.82) is 0 Å². The molecule has 8 heteroatoms. The van der Waals surface area contributed by atoms with Crippen molar-refractivity contribution in [3.63, 3.8) is 0 Å². The van der Waals surface area contributed by atoms with Crippen LogP contribution in [0.4, 0.5) is 10.5 Å². The number of amides is 1. The van der Waals surface area contributed by atoms with Crippen LogP contribution in [0.25, 0.3) is 22.2 Å². The van der Waals surface area contributed by atoms with Gasteiger partial charge in [-0.1, -0.05) is 0 Å². The van der Waals surface area contributed by atoms with Gasteiger partial charge in [-0.15, -0.1) is 0 Å². The first-order valence-corrected chi connectivity index (χ1v) is 9.33. The number of nitrogens with one attached hydrogen (secondary N) is 2. The van der Waals surface area contributed by atoms with E-state index in [0.717, 1.165) is 39.1 Å². The number of hydrogen-bond donors (Lipinski definition) is 2. The van der Waals surface area contributed by atoms with E-state index < -0.39 is 6.09 Å². The maximum atomic E-state index is 12.3. The molecular formula is C21H18N6O2. The van der Waals surface area contributed by atoms with E-state index in [9.17, 15) is 4.79 Å². The molecule has 8 nitrogen and oxygen atoms in total. The van der Waals surface area contributed by atoms with Gasteiger partial charge in [-0.3, -0.25) is 15.4 Å². The number of benzene rings is 1. The van der Waals surface area contributed by atoms with Crippen molar-refractivity contribution < 1.29 is 9.53 Å². The summed E-state index contributed by atoms with van der Waals surface area (Å²) in [4.78, 5) is 24.9. The second-order valence-corrected chi connectivity index (χ2v) is 7.02. The van der Waals surface area contributed by atoms with Gasteiger partial charge in [0.15, 0.2) is 0 Å². The number of ether oxygens (including phenoxy) is 1. The molecule has 3 aromatic heterocycles. The molecule has 2 N–H and O–H groups in total. The van der Waals surface area contributed by atoms with E-state index in [1.54, 1.807) is 18.6 Å². The summed E-state index contributed by atoms with van der Waals surface area (Å²) in [7, 11) is 0. The smallest absolute Gasteiger partial charge is 0.411 e. The van der Waals surface area contributed by atoms with Gasteiger partial charge in [-0.25, -0.2) is 14.8 Å². The quantitative estimate of drug-likeness (QED) is 0.559. The van der Waals surface area contributed by atoms with Crippen LogP contribution in [0.5, 0.6) is 0 Å². The van der Waals surface area contributed by atoms with Crippen molar-refractivity contribution in [2.75, 3.05) is 5.32 Å². The summed E-state index contributed by atoms with van der Waals surface area (Å²) < 4.78 is 5.61. The van der Waals surface area contributed by atoms with Gasteiger partial charge >= 0.3 is 6.09 Å². The fourth-order valence-corrected chi connectivity index (χ4v) is 3.67. The van der Waals surface area contributed by atoms with Gasteiger partial charge in [-0.05, 0) is 42.8 Å². The molecule has 4 aromatic rings. The number of rotatable bonds is 3. The molecule has 0 fully saturated rings. The maximum Gasteiger partial charge on any atom is 0.411 e. The molecule has 4 heterocycles. The number of cyclic esters (lactones) is 1. The average molecular weight is 386 g/mol. The number of aromatic amines is 1. The Morgan fingerprint density at radius 2 is 2.03 bits per heavy atom. The highest BCUT2D eigenvalue weighted by atomic mass is 16.6. The summed E-state index contributed by atoms with van der Waals surface area (Å²) >= 11 is 0. The Kier molecular flexibility index (Phi) is 4.16. The third-order valence-corrected chi connectivity index (χ3v) is 4.97. The van der Waals surface area contributed by atoms with E-state index in [-0.39, 0.29) is 6.10 Å². The van der Waals surface area contributed by atoms with Crippen LogP contribution in [-0.4, -0.2) is 37.3 Å². The van der Waals surface area contributed by atoms with Crippen LogP contribution in [0.3, 0.4) is 0 Å². The SMILES string of the molecule is Cc1nccc(CC2Cc3cc4c(-c5ccncc5)n[nH]c4cc3NC(=O)O2)n1. The van der Waals surface area contributed by atoms with Gasteiger partial charge in [0.05, 0.1) is 5.52 Å². The molecule has 0 radical (unpaired) electrons. The topological polar surface area (TPSA) is 106 Å². The molecule has 1 amide bonds. The predicted molar refractivity (Wildman–Crippen MR) is 107 cm³/mol. The number of aromatic nitrogens is 5. The van der Waals surface area contributed by atoms with E-state index in [1.165, 1.54) is 0 Å². The normalized spacial score (nSPS) is 16.0. The van der Waals surface area contributed by atoms with Crippen molar-refractivity contribution in [1.82, 2.24) is 25.1 Å².